The van der Waals surface area contributed by atoms with Crippen LogP contribution in [-0.4, -0.2) is 52.9 Å². The molecule has 1 unspecified atom stereocenters. The highest BCUT2D eigenvalue weighted by atomic mass is 79.9. The molecule has 0 radical (unpaired) electrons. The Morgan fingerprint density at radius 3 is 2.33 bits per heavy atom. The fraction of sp³-hybridized carbons (Fsp3) is 0.480. The molecule has 1 aromatic carbocycles. The molecule has 2 fully saturated rings. The molecule has 2 aromatic rings. The van der Waals surface area contributed by atoms with Crippen LogP contribution in [-0.2, 0) is 0 Å². The summed E-state index contributed by atoms with van der Waals surface area (Å²) in [7, 11) is -0.328. The van der Waals surface area contributed by atoms with E-state index in [1.807, 2.05) is 25.0 Å². The molecule has 1 N–H and O–H groups in total. The van der Waals surface area contributed by atoms with Gasteiger partial charge in [-0.15, -0.1) is 0 Å². The summed E-state index contributed by atoms with van der Waals surface area (Å²) in [5.74, 6) is 1.53. The van der Waals surface area contributed by atoms with E-state index in [4.69, 9.17) is 28.2 Å². The van der Waals surface area contributed by atoms with E-state index >= 15 is 0 Å². The highest BCUT2D eigenvalue weighted by Crippen LogP contribution is 2.44. The third-order valence-corrected chi connectivity index (χ3v) is 8.83. The van der Waals surface area contributed by atoms with Crippen molar-refractivity contribution in [2.24, 2.45) is 11.8 Å². The molecule has 33 heavy (non-hydrogen) atoms. The molecule has 8 heteroatoms. The van der Waals surface area contributed by atoms with E-state index in [0.29, 0.717) is 5.02 Å². The predicted octanol–water partition coefficient (Wildman–Crippen LogP) is 6.22. The molecule has 0 saturated carbocycles. The van der Waals surface area contributed by atoms with Crippen molar-refractivity contribution in [1.82, 2.24) is 14.7 Å². The lowest BCUT2D eigenvalue weighted by atomic mass is 9.75. The number of rotatable bonds is 3. The summed E-state index contributed by atoms with van der Waals surface area (Å²) >= 11 is 16.5. The zero-order valence-corrected chi connectivity index (χ0v) is 22.0. The predicted molar refractivity (Wildman–Crippen MR) is 142 cm³/mol. The highest BCUT2D eigenvalue weighted by Gasteiger charge is 2.36. The van der Waals surface area contributed by atoms with Crippen LogP contribution in [0.2, 0.25) is 16.9 Å². The van der Waals surface area contributed by atoms with E-state index in [2.05, 4.69) is 37.8 Å². The van der Waals surface area contributed by atoms with Crippen LogP contribution in [0.3, 0.4) is 0 Å². The first-order valence-corrected chi connectivity index (χ1v) is 13.4. The number of likely N-dealkylation sites (tertiary alicyclic amines) is 1. The summed E-state index contributed by atoms with van der Waals surface area (Å²) in [6.07, 6.45) is 8.70. The maximum atomic E-state index is 9.88. The lowest BCUT2D eigenvalue weighted by molar-refractivity contribution is 0.0963. The van der Waals surface area contributed by atoms with Crippen molar-refractivity contribution in [3.05, 3.63) is 62.9 Å². The molecule has 2 saturated heterocycles. The van der Waals surface area contributed by atoms with E-state index in [1.54, 1.807) is 6.20 Å². The Bertz CT molecular complexity index is 1050. The second-order valence-electron chi connectivity index (χ2n) is 9.63. The first-order chi connectivity index (χ1) is 15.9. The van der Waals surface area contributed by atoms with Gasteiger partial charge in [0.1, 0.15) is 0 Å². The minimum atomic E-state index is -0.328. The number of fused-ring (bicyclic) bond motifs is 2. The summed E-state index contributed by atoms with van der Waals surface area (Å²) in [6, 6.07) is 8.27. The lowest BCUT2D eigenvalue weighted by Gasteiger charge is -2.43. The van der Waals surface area contributed by atoms with E-state index in [1.165, 1.54) is 31.2 Å². The molecule has 1 atom stereocenters. The Morgan fingerprint density at radius 2 is 1.67 bits per heavy atom. The Morgan fingerprint density at radius 1 is 1.00 bits per heavy atom. The largest absolute Gasteiger partial charge is 0.437 e. The van der Waals surface area contributed by atoms with Crippen LogP contribution in [0.5, 0.6) is 0 Å². The Labute approximate surface area is 215 Å². The van der Waals surface area contributed by atoms with Gasteiger partial charge in [0.05, 0.1) is 16.8 Å². The number of hydrogen-bond donors (Lipinski definition) is 1. The number of aromatic nitrogens is 1. The van der Waals surface area contributed by atoms with Crippen LogP contribution in [0.4, 0.5) is 0 Å². The Kier molecular flexibility index (Phi) is 7.23. The van der Waals surface area contributed by atoms with Crippen LogP contribution in [0.25, 0.3) is 10.6 Å². The molecule has 1 aliphatic carbocycles. The number of hydrogen-bond acceptors (Lipinski definition) is 4. The minimum absolute atomic E-state index is 0.0777. The number of piperidine rings is 2. The Hall–Kier alpha value is -0.885. The van der Waals surface area contributed by atoms with Gasteiger partial charge in [-0.2, -0.15) is 0 Å². The molecular weight excluding hydrogens is 520 g/mol. The van der Waals surface area contributed by atoms with E-state index in [-0.39, 0.29) is 13.1 Å². The van der Waals surface area contributed by atoms with Crippen molar-refractivity contribution in [3.63, 3.8) is 0 Å². The average molecular weight is 549 g/mol. The smallest absolute Gasteiger partial charge is 0.376 e. The van der Waals surface area contributed by atoms with Crippen LogP contribution < -0.4 is 0 Å². The van der Waals surface area contributed by atoms with Crippen LogP contribution in [0, 0.1) is 11.8 Å². The lowest BCUT2D eigenvalue weighted by Crippen LogP contribution is -2.46. The molecule has 1 aromatic heterocycles. The zero-order chi connectivity index (χ0) is 23.1. The molecule has 5 rings (SSSR count). The van der Waals surface area contributed by atoms with Gasteiger partial charge in [-0.1, -0.05) is 45.2 Å². The summed E-state index contributed by atoms with van der Waals surface area (Å²) in [4.78, 5) is 9.62. The molecule has 174 valence electrons. The van der Waals surface area contributed by atoms with Crippen molar-refractivity contribution >= 4 is 56.7 Å². The van der Waals surface area contributed by atoms with Crippen molar-refractivity contribution in [3.8, 4) is 0 Å². The molecule has 0 spiro atoms. The SMILES string of the molecule is CB(O)N1CCC(C2CCN(C3c4ccc(Cl)cc4C=C(Br)c4cc(Cl)cnc43)CC2)CC1. The summed E-state index contributed by atoms with van der Waals surface area (Å²) < 4.78 is 0.985. The topological polar surface area (TPSA) is 39.6 Å². The van der Waals surface area contributed by atoms with Crippen molar-refractivity contribution in [2.75, 3.05) is 26.2 Å². The molecular formula is C25H29BBrCl2N3O. The van der Waals surface area contributed by atoms with E-state index in [0.717, 1.165) is 64.3 Å². The number of pyridine rings is 1. The molecule has 0 bridgehead atoms. The fourth-order valence-corrected chi connectivity index (χ4v) is 6.83. The second-order valence-corrected chi connectivity index (χ2v) is 11.4. The minimum Gasteiger partial charge on any atom is -0.437 e. The molecule has 0 amide bonds. The summed E-state index contributed by atoms with van der Waals surface area (Å²) in [6.45, 7) is 6.00. The van der Waals surface area contributed by atoms with Crippen LogP contribution in [0.1, 0.15) is 54.1 Å². The van der Waals surface area contributed by atoms with Crippen molar-refractivity contribution in [2.45, 2.75) is 38.5 Å². The van der Waals surface area contributed by atoms with Crippen molar-refractivity contribution < 1.29 is 5.02 Å². The third-order valence-electron chi connectivity index (χ3n) is 7.74. The fourth-order valence-electron chi connectivity index (χ4n) is 5.92. The maximum Gasteiger partial charge on any atom is 0.376 e. The second kappa shape index (κ2) is 10.0. The molecule has 2 aliphatic heterocycles. The summed E-state index contributed by atoms with van der Waals surface area (Å²) in [5, 5.41) is 11.3. The van der Waals surface area contributed by atoms with Gasteiger partial charge in [-0.25, -0.2) is 0 Å². The number of benzene rings is 1. The Balaban J connectivity index is 1.39. The quantitative estimate of drug-likeness (QED) is 0.462. The van der Waals surface area contributed by atoms with Gasteiger partial charge in [0.15, 0.2) is 0 Å². The van der Waals surface area contributed by atoms with Crippen molar-refractivity contribution in [1.29, 1.82) is 0 Å². The van der Waals surface area contributed by atoms with Gasteiger partial charge in [-0.3, -0.25) is 9.88 Å². The van der Waals surface area contributed by atoms with Crippen LogP contribution in [0.15, 0.2) is 30.5 Å². The number of halogens is 3. The molecule has 3 aliphatic rings. The van der Waals surface area contributed by atoms with Gasteiger partial charge in [-0.05, 0) is 106 Å². The maximum absolute atomic E-state index is 9.88. The highest BCUT2D eigenvalue weighted by molar-refractivity contribution is 9.15. The van der Waals surface area contributed by atoms with Gasteiger partial charge >= 0.3 is 7.05 Å². The number of nitrogens with zero attached hydrogens (tertiary/aromatic N) is 3. The van der Waals surface area contributed by atoms with Gasteiger partial charge in [0, 0.05) is 21.3 Å². The first-order valence-electron chi connectivity index (χ1n) is 11.9. The van der Waals surface area contributed by atoms with Crippen LogP contribution >= 0.6 is 39.1 Å². The monoisotopic (exact) mass is 547 g/mol. The normalized spacial score (nSPS) is 22.9. The standard InChI is InChI=1S/C25H29BBrCl2N3O/c1-26(33)32-10-6-17(7-11-32)16-4-8-31(9-5-16)25-21-3-2-19(28)12-18(21)13-23(27)22-14-20(29)15-30-24(22)25/h2-3,12-17,25,33H,4-11H2,1H3. The first kappa shape index (κ1) is 23.8. The molecule has 3 heterocycles. The van der Waals surface area contributed by atoms with Gasteiger partial charge in [0.25, 0.3) is 0 Å². The zero-order valence-electron chi connectivity index (χ0n) is 18.9. The van der Waals surface area contributed by atoms with E-state index in [9.17, 15) is 5.02 Å². The molecule has 4 nitrogen and oxygen atoms in total. The third kappa shape index (κ3) is 4.93. The average Bonchev–Trinajstić information content (AvgIpc) is 2.93. The van der Waals surface area contributed by atoms with Gasteiger partial charge in [0.2, 0.25) is 0 Å². The summed E-state index contributed by atoms with van der Waals surface area (Å²) in [5.41, 5.74) is 4.47. The van der Waals surface area contributed by atoms with Gasteiger partial charge < -0.3 is 9.83 Å². The van der Waals surface area contributed by atoms with E-state index < -0.39 is 0 Å².